The fourth-order valence-corrected chi connectivity index (χ4v) is 1.83. The Morgan fingerprint density at radius 3 is 2.76 bits per heavy atom. The van der Waals surface area contributed by atoms with E-state index in [1.807, 2.05) is 6.92 Å². The van der Waals surface area contributed by atoms with Gasteiger partial charge >= 0.3 is 5.97 Å². The second-order valence-electron chi connectivity index (χ2n) is 3.44. The van der Waals surface area contributed by atoms with Crippen molar-refractivity contribution in [2.45, 2.75) is 13.3 Å². The molecule has 0 saturated carbocycles. The molecule has 0 amide bonds. The standard InChI is InChI=1S/C12H9Cl2NO2/c1-2-11-15-10(12(16)17-11)5-7-3-4-8(13)6-9(7)14/h3-6H,2H2,1H3/b10-5-. The van der Waals surface area contributed by atoms with Crippen LogP contribution in [-0.2, 0) is 9.53 Å². The van der Waals surface area contributed by atoms with E-state index in [1.165, 1.54) is 0 Å². The number of carbonyl (C=O) groups excluding carboxylic acids is 1. The molecular formula is C12H9Cl2NO2. The third-order valence-corrected chi connectivity index (χ3v) is 2.78. The summed E-state index contributed by atoms with van der Waals surface area (Å²) in [5, 5.41) is 1.02. The summed E-state index contributed by atoms with van der Waals surface area (Å²) >= 11 is 11.8. The Kier molecular flexibility index (Phi) is 3.50. The predicted molar refractivity (Wildman–Crippen MR) is 68.3 cm³/mol. The first-order valence-electron chi connectivity index (χ1n) is 5.06. The molecular weight excluding hydrogens is 261 g/mol. The van der Waals surface area contributed by atoms with Gasteiger partial charge in [-0.2, -0.15) is 0 Å². The van der Waals surface area contributed by atoms with Crippen LogP contribution in [0.15, 0.2) is 28.9 Å². The lowest BCUT2D eigenvalue weighted by Gasteiger charge is -1.98. The van der Waals surface area contributed by atoms with Crippen molar-refractivity contribution < 1.29 is 9.53 Å². The van der Waals surface area contributed by atoms with Gasteiger partial charge in [-0.3, -0.25) is 0 Å². The van der Waals surface area contributed by atoms with Gasteiger partial charge in [0.2, 0.25) is 0 Å². The first-order chi connectivity index (χ1) is 8.10. The normalized spacial score (nSPS) is 17.2. The molecule has 0 fully saturated rings. The second-order valence-corrected chi connectivity index (χ2v) is 4.29. The number of aliphatic imine (C=N–C) groups is 1. The molecule has 1 heterocycles. The van der Waals surface area contributed by atoms with Gasteiger partial charge in [-0.05, 0) is 23.8 Å². The zero-order valence-electron chi connectivity index (χ0n) is 9.04. The Labute approximate surface area is 109 Å². The molecule has 17 heavy (non-hydrogen) atoms. The van der Waals surface area contributed by atoms with Gasteiger partial charge in [0.05, 0.1) is 0 Å². The van der Waals surface area contributed by atoms with E-state index in [0.717, 1.165) is 0 Å². The van der Waals surface area contributed by atoms with Crippen LogP contribution in [0.3, 0.4) is 0 Å². The van der Waals surface area contributed by atoms with Crippen molar-refractivity contribution in [3.8, 4) is 0 Å². The lowest BCUT2D eigenvalue weighted by atomic mass is 10.2. The molecule has 3 nitrogen and oxygen atoms in total. The summed E-state index contributed by atoms with van der Waals surface area (Å²) in [6.07, 6.45) is 2.17. The lowest BCUT2D eigenvalue weighted by molar-refractivity contribution is -0.130. The molecule has 0 N–H and O–H groups in total. The number of hydrogen-bond acceptors (Lipinski definition) is 3. The van der Waals surface area contributed by atoms with Crippen LogP contribution < -0.4 is 0 Å². The summed E-state index contributed by atoms with van der Waals surface area (Å²) in [6.45, 7) is 1.87. The molecule has 0 bridgehead atoms. The summed E-state index contributed by atoms with van der Waals surface area (Å²) in [5.41, 5.74) is 0.940. The number of carbonyl (C=O) groups is 1. The first-order valence-corrected chi connectivity index (χ1v) is 5.82. The van der Waals surface area contributed by atoms with Gasteiger partial charge in [0.15, 0.2) is 11.6 Å². The van der Waals surface area contributed by atoms with Gasteiger partial charge in [-0.15, -0.1) is 0 Å². The third-order valence-electron chi connectivity index (χ3n) is 2.22. The summed E-state index contributed by atoms with van der Waals surface area (Å²) in [7, 11) is 0. The molecule has 88 valence electrons. The molecule has 0 unspecified atom stereocenters. The fourth-order valence-electron chi connectivity index (χ4n) is 1.37. The maximum Gasteiger partial charge on any atom is 0.363 e. The second kappa shape index (κ2) is 4.90. The summed E-state index contributed by atoms with van der Waals surface area (Å²) < 4.78 is 4.93. The number of ether oxygens (including phenoxy) is 1. The SMILES string of the molecule is CCC1=N/C(=C\c2ccc(Cl)cc2Cl)C(=O)O1. The molecule has 1 aromatic carbocycles. The molecule has 0 spiro atoms. The van der Waals surface area contributed by atoms with Gasteiger partial charge in [-0.25, -0.2) is 9.79 Å². The smallest absolute Gasteiger partial charge is 0.363 e. The number of hydrogen-bond donors (Lipinski definition) is 0. The molecule has 1 aliphatic heterocycles. The van der Waals surface area contributed by atoms with Crippen molar-refractivity contribution in [1.29, 1.82) is 0 Å². The Balaban J connectivity index is 2.36. The van der Waals surface area contributed by atoms with Crippen LogP contribution in [0.5, 0.6) is 0 Å². The van der Waals surface area contributed by atoms with E-state index < -0.39 is 5.97 Å². The van der Waals surface area contributed by atoms with E-state index in [-0.39, 0.29) is 5.70 Å². The fraction of sp³-hybridized carbons (Fsp3) is 0.167. The van der Waals surface area contributed by atoms with Crippen molar-refractivity contribution in [1.82, 2.24) is 0 Å². The molecule has 0 radical (unpaired) electrons. The van der Waals surface area contributed by atoms with Crippen molar-refractivity contribution in [3.63, 3.8) is 0 Å². The Bertz CT molecular complexity index is 535. The number of nitrogens with zero attached hydrogens (tertiary/aromatic N) is 1. The quantitative estimate of drug-likeness (QED) is 0.607. The van der Waals surface area contributed by atoms with E-state index in [9.17, 15) is 4.79 Å². The van der Waals surface area contributed by atoms with Crippen molar-refractivity contribution in [2.75, 3.05) is 0 Å². The molecule has 0 aromatic heterocycles. The van der Waals surface area contributed by atoms with Crippen LogP contribution >= 0.6 is 23.2 Å². The highest BCUT2D eigenvalue weighted by Gasteiger charge is 2.21. The number of halogens is 2. The maximum absolute atomic E-state index is 11.5. The van der Waals surface area contributed by atoms with Crippen LogP contribution in [0.25, 0.3) is 6.08 Å². The number of esters is 1. The molecule has 5 heteroatoms. The van der Waals surface area contributed by atoms with Crippen LogP contribution in [0.4, 0.5) is 0 Å². The number of cyclic esters (lactones) is 1. The largest absolute Gasteiger partial charge is 0.407 e. The Morgan fingerprint density at radius 1 is 1.41 bits per heavy atom. The van der Waals surface area contributed by atoms with Crippen LogP contribution in [-0.4, -0.2) is 11.9 Å². The maximum atomic E-state index is 11.5. The molecule has 0 saturated heterocycles. The molecule has 0 atom stereocenters. The van der Waals surface area contributed by atoms with E-state index in [1.54, 1.807) is 24.3 Å². The van der Waals surface area contributed by atoms with Crippen LogP contribution in [0.2, 0.25) is 10.0 Å². The molecule has 1 aliphatic rings. The molecule has 2 rings (SSSR count). The Hall–Kier alpha value is -1.32. The number of rotatable bonds is 2. The van der Waals surface area contributed by atoms with Crippen LogP contribution in [0.1, 0.15) is 18.9 Å². The van der Waals surface area contributed by atoms with E-state index in [4.69, 9.17) is 27.9 Å². The topological polar surface area (TPSA) is 38.7 Å². The van der Waals surface area contributed by atoms with Gasteiger partial charge in [0.1, 0.15) is 0 Å². The monoisotopic (exact) mass is 269 g/mol. The van der Waals surface area contributed by atoms with Gasteiger partial charge in [-0.1, -0.05) is 36.2 Å². The minimum atomic E-state index is -0.451. The summed E-state index contributed by atoms with van der Waals surface area (Å²) in [5.74, 6) is -0.0285. The average molecular weight is 270 g/mol. The van der Waals surface area contributed by atoms with Crippen molar-refractivity contribution >= 4 is 41.1 Å². The van der Waals surface area contributed by atoms with Crippen molar-refractivity contribution in [2.24, 2.45) is 4.99 Å². The van der Waals surface area contributed by atoms with E-state index in [0.29, 0.717) is 27.9 Å². The highest BCUT2D eigenvalue weighted by molar-refractivity contribution is 6.35. The summed E-state index contributed by atoms with van der Waals surface area (Å²) in [6, 6.07) is 5.04. The highest BCUT2D eigenvalue weighted by atomic mass is 35.5. The molecule has 0 aliphatic carbocycles. The third kappa shape index (κ3) is 2.68. The van der Waals surface area contributed by atoms with Crippen LogP contribution in [0, 0.1) is 0 Å². The first kappa shape index (κ1) is 12.1. The average Bonchev–Trinajstić information content (AvgIpc) is 2.64. The number of benzene rings is 1. The summed E-state index contributed by atoms with van der Waals surface area (Å²) in [4.78, 5) is 15.5. The Morgan fingerprint density at radius 2 is 2.18 bits per heavy atom. The van der Waals surface area contributed by atoms with Gasteiger partial charge in [0, 0.05) is 16.5 Å². The predicted octanol–water partition coefficient (Wildman–Crippen LogP) is 3.70. The zero-order chi connectivity index (χ0) is 12.4. The van der Waals surface area contributed by atoms with Gasteiger partial charge < -0.3 is 4.74 Å². The van der Waals surface area contributed by atoms with E-state index in [2.05, 4.69) is 4.99 Å². The molecule has 1 aromatic rings. The zero-order valence-corrected chi connectivity index (χ0v) is 10.5. The highest BCUT2D eigenvalue weighted by Crippen LogP contribution is 2.25. The lowest BCUT2D eigenvalue weighted by Crippen LogP contribution is -2.02. The van der Waals surface area contributed by atoms with Gasteiger partial charge in [0.25, 0.3) is 0 Å². The van der Waals surface area contributed by atoms with E-state index >= 15 is 0 Å². The minimum Gasteiger partial charge on any atom is -0.407 e. The minimum absolute atomic E-state index is 0.256. The van der Waals surface area contributed by atoms with Crippen molar-refractivity contribution in [3.05, 3.63) is 39.5 Å².